The first-order valence-electron chi connectivity index (χ1n) is 7.18. The first-order valence-corrected chi connectivity index (χ1v) is 8.43. The van der Waals surface area contributed by atoms with Crippen molar-refractivity contribution in [3.63, 3.8) is 0 Å². The van der Waals surface area contributed by atoms with Gasteiger partial charge >= 0.3 is 0 Å². The van der Waals surface area contributed by atoms with Gasteiger partial charge in [0, 0.05) is 24.0 Å². The van der Waals surface area contributed by atoms with Crippen LogP contribution in [0, 0.1) is 0 Å². The average molecular weight is 351 g/mol. The molecule has 1 aliphatic heterocycles. The summed E-state index contributed by atoms with van der Waals surface area (Å²) in [6, 6.07) is 5.15. The summed E-state index contributed by atoms with van der Waals surface area (Å²) in [5, 5.41) is 2.75. The topological polar surface area (TPSA) is 75.2 Å². The highest BCUT2D eigenvalue weighted by molar-refractivity contribution is 7.15. The highest BCUT2D eigenvalue weighted by Crippen LogP contribution is 2.29. The summed E-state index contributed by atoms with van der Waals surface area (Å²) in [4.78, 5) is 35.2. The number of nitrogens with zero attached hydrogens (tertiary/aromatic N) is 3. The van der Waals surface area contributed by atoms with Crippen LogP contribution in [-0.4, -0.2) is 38.6 Å². The first-order chi connectivity index (χ1) is 11.0. The predicted octanol–water partition coefficient (Wildman–Crippen LogP) is 2.30. The minimum Gasteiger partial charge on any atom is -0.336 e. The molecule has 2 aromatic rings. The molecule has 0 radical (unpaired) electrons. The van der Waals surface area contributed by atoms with E-state index in [1.807, 2.05) is 0 Å². The van der Waals surface area contributed by atoms with E-state index in [1.165, 1.54) is 11.3 Å². The number of aromatic nitrogens is 2. The highest BCUT2D eigenvalue weighted by atomic mass is 35.5. The van der Waals surface area contributed by atoms with Crippen molar-refractivity contribution < 1.29 is 9.59 Å². The molecule has 0 bridgehead atoms. The van der Waals surface area contributed by atoms with Crippen LogP contribution in [0.15, 0.2) is 24.4 Å². The fourth-order valence-corrected chi connectivity index (χ4v) is 3.50. The Hall–Kier alpha value is -1.99. The number of rotatable bonds is 3. The molecule has 0 aromatic carbocycles. The number of hydrogen-bond donors (Lipinski definition) is 1. The Morgan fingerprint density at radius 3 is 2.96 bits per heavy atom. The van der Waals surface area contributed by atoms with E-state index in [0.29, 0.717) is 30.3 Å². The molecule has 0 saturated heterocycles. The Morgan fingerprint density at radius 1 is 1.43 bits per heavy atom. The Balaban J connectivity index is 1.71. The van der Waals surface area contributed by atoms with E-state index in [0.717, 1.165) is 10.6 Å². The quantitative estimate of drug-likeness (QED) is 0.862. The van der Waals surface area contributed by atoms with E-state index in [-0.39, 0.29) is 11.8 Å². The molecule has 1 atom stereocenters. The van der Waals surface area contributed by atoms with Crippen molar-refractivity contribution >= 4 is 39.9 Å². The first kappa shape index (κ1) is 15.9. The lowest BCUT2D eigenvalue weighted by Gasteiger charge is -2.26. The van der Waals surface area contributed by atoms with Crippen molar-refractivity contribution in [3.8, 4) is 0 Å². The highest BCUT2D eigenvalue weighted by Gasteiger charge is 2.26. The van der Waals surface area contributed by atoms with E-state index in [9.17, 15) is 9.59 Å². The molecule has 8 heteroatoms. The summed E-state index contributed by atoms with van der Waals surface area (Å²) in [6.45, 7) is 2.76. The second-order valence-electron chi connectivity index (χ2n) is 5.18. The summed E-state index contributed by atoms with van der Waals surface area (Å²) in [5.41, 5.74) is 1.27. The summed E-state index contributed by atoms with van der Waals surface area (Å²) in [7, 11) is 0. The molecule has 0 saturated carbocycles. The van der Waals surface area contributed by atoms with Gasteiger partial charge in [0.05, 0.1) is 12.2 Å². The van der Waals surface area contributed by atoms with Crippen LogP contribution < -0.4 is 5.32 Å². The lowest BCUT2D eigenvalue weighted by Crippen LogP contribution is -2.39. The number of pyridine rings is 1. The second kappa shape index (κ2) is 6.64. The summed E-state index contributed by atoms with van der Waals surface area (Å²) < 4.78 is 0. The lowest BCUT2D eigenvalue weighted by atomic mass is 10.1. The van der Waals surface area contributed by atoms with Crippen molar-refractivity contribution in [3.05, 3.63) is 40.7 Å². The van der Waals surface area contributed by atoms with Crippen LogP contribution in [0.4, 0.5) is 5.13 Å². The lowest BCUT2D eigenvalue weighted by molar-refractivity contribution is -0.131. The molecule has 0 aliphatic carbocycles. The molecule has 0 fully saturated rings. The number of halogens is 1. The zero-order chi connectivity index (χ0) is 16.4. The van der Waals surface area contributed by atoms with E-state index in [1.54, 1.807) is 36.2 Å². The van der Waals surface area contributed by atoms with Crippen LogP contribution >= 0.6 is 22.9 Å². The molecule has 6 nitrogen and oxygen atoms in total. The molecule has 23 heavy (non-hydrogen) atoms. The fraction of sp³-hybridized carbons (Fsp3) is 0.333. The van der Waals surface area contributed by atoms with Crippen LogP contribution in [0.1, 0.15) is 28.0 Å². The van der Waals surface area contributed by atoms with Gasteiger partial charge in [0.1, 0.15) is 11.1 Å². The SMILES string of the molecule is CC(Cl)C(=O)N1CCc2nc(NC(=O)c3ccccn3)sc2C1. The second-order valence-corrected chi connectivity index (χ2v) is 6.92. The van der Waals surface area contributed by atoms with Gasteiger partial charge in [-0.05, 0) is 19.1 Å². The molecule has 0 spiro atoms. The number of hydrogen-bond acceptors (Lipinski definition) is 5. The maximum atomic E-state index is 12.1. The minimum absolute atomic E-state index is 0.0789. The number of fused-ring (bicyclic) bond motifs is 1. The van der Waals surface area contributed by atoms with Crippen molar-refractivity contribution in [2.75, 3.05) is 11.9 Å². The third kappa shape index (κ3) is 3.51. The fourth-order valence-electron chi connectivity index (χ4n) is 2.35. The molecule has 3 heterocycles. The van der Waals surface area contributed by atoms with E-state index in [4.69, 9.17) is 11.6 Å². The van der Waals surface area contributed by atoms with Crippen molar-refractivity contribution in [1.82, 2.24) is 14.9 Å². The summed E-state index contributed by atoms with van der Waals surface area (Å²) in [6.07, 6.45) is 2.24. The van der Waals surface area contributed by atoms with E-state index in [2.05, 4.69) is 15.3 Å². The Labute approximate surface area is 142 Å². The van der Waals surface area contributed by atoms with Crippen LogP contribution in [0.3, 0.4) is 0 Å². The standard InChI is InChI=1S/C15H15ClN4O2S/c1-9(16)14(22)20-7-5-10-12(8-20)23-15(18-10)19-13(21)11-4-2-3-6-17-11/h2-4,6,9H,5,7-8H2,1H3,(H,18,19,21). The Bertz CT molecular complexity index is 732. The Kier molecular flexibility index (Phi) is 4.58. The molecular formula is C15H15ClN4O2S. The molecule has 2 aromatic heterocycles. The number of anilines is 1. The van der Waals surface area contributed by atoms with E-state index >= 15 is 0 Å². The number of amides is 2. The van der Waals surface area contributed by atoms with Gasteiger partial charge < -0.3 is 4.90 Å². The number of alkyl halides is 1. The molecular weight excluding hydrogens is 336 g/mol. The van der Waals surface area contributed by atoms with Crippen LogP contribution in [-0.2, 0) is 17.8 Å². The molecule has 2 amide bonds. The molecule has 1 N–H and O–H groups in total. The monoisotopic (exact) mass is 350 g/mol. The maximum absolute atomic E-state index is 12.1. The summed E-state index contributed by atoms with van der Waals surface area (Å²) >= 11 is 7.25. The van der Waals surface area contributed by atoms with Gasteiger partial charge in [-0.1, -0.05) is 17.4 Å². The summed E-state index contributed by atoms with van der Waals surface area (Å²) in [5.74, 6) is -0.371. The molecule has 3 rings (SSSR count). The zero-order valence-electron chi connectivity index (χ0n) is 12.5. The molecule has 1 unspecified atom stereocenters. The normalized spacial score (nSPS) is 15.0. The number of carbonyl (C=O) groups excluding carboxylic acids is 2. The largest absolute Gasteiger partial charge is 0.336 e. The van der Waals surface area contributed by atoms with Gasteiger partial charge in [0.25, 0.3) is 5.91 Å². The third-order valence-electron chi connectivity index (χ3n) is 3.50. The van der Waals surface area contributed by atoms with Crippen LogP contribution in [0.25, 0.3) is 0 Å². The zero-order valence-corrected chi connectivity index (χ0v) is 14.0. The predicted molar refractivity (Wildman–Crippen MR) is 88.7 cm³/mol. The van der Waals surface area contributed by atoms with Crippen molar-refractivity contribution in [2.24, 2.45) is 0 Å². The average Bonchev–Trinajstić information content (AvgIpc) is 2.96. The number of carbonyl (C=O) groups is 2. The van der Waals surface area contributed by atoms with Crippen molar-refractivity contribution in [2.45, 2.75) is 25.3 Å². The van der Waals surface area contributed by atoms with Crippen LogP contribution in [0.2, 0.25) is 0 Å². The number of nitrogens with one attached hydrogen (secondary N) is 1. The van der Waals surface area contributed by atoms with Gasteiger partial charge in [0.2, 0.25) is 5.91 Å². The number of thiazole rings is 1. The molecule has 1 aliphatic rings. The maximum Gasteiger partial charge on any atom is 0.276 e. The smallest absolute Gasteiger partial charge is 0.276 e. The molecule has 120 valence electrons. The third-order valence-corrected chi connectivity index (χ3v) is 4.69. The van der Waals surface area contributed by atoms with Crippen molar-refractivity contribution in [1.29, 1.82) is 0 Å². The van der Waals surface area contributed by atoms with Gasteiger partial charge in [-0.25, -0.2) is 4.98 Å². The minimum atomic E-state index is -0.534. The van der Waals surface area contributed by atoms with Gasteiger partial charge in [0.15, 0.2) is 5.13 Å². The van der Waals surface area contributed by atoms with Crippen LogP contribution in [0.5, 0.6) is 0 Å². The van der Waals surface area contributed by atoms with E-state index < -0.39 is 5.38 Å². The van der Waals surface area contributed by atoms with Gasteiger partial charge in [-0.15, -0.1) is 11.6 Å². The van der Waals surface area contributed by atoms with Gasteiger partial charge in [-0.2, -0.15) is 0 Å². The van der Waals surface area contributed by atoms with Gasteiger partial charge in [-0.3, -0.25) is 19.9 Å². The Morgan fingerprint density at radius 2 is 2.26 bits per heavy atom.